The summed E-state index contributed by atoms with van der Waals surface area (Å²) in [5, 5.41) is 4.48. The maximum absolute atomic E-state index is 12.0. The van der Waals surface area contributed by atoms with Gasteiger partial charge in [-0.25, -0.2) is 0 Å². The van der Waals surface area contributed by atoms with Crippen LogP contribution in [0, 0.1) is 0 Å². The molecule has 1 heterocycles. The highest BCUT2D eigenvalue weighted by atomic mass is 32.1. The highest BCUT2D eigenvalue weighted by Gasteiger charge is 2.30. The first kappa shape index (κ1) is 25.5. The third-order valence-electron chi connectivity index (χ3n) is 5.60. The third-order valence-corrected chi connectivity index (χ3v) is 6.63. The Balaban J connectivity index is 1.57. The Kier molecular flexibility index (Phi) is 8.52. The summed E-state index contributed by atoms with van der Waals surface area (Å²) in [5.41, 5.74) is 2.13. The largest absolute Gasteiger partial charge is 0.492 e. The number of hydrogen-bond acceptors (Lipinski definition) is 7. The van der Waals surface area contributed by atoms with Crippen molar-refractivity contribution in [2.24, 2.45) is 0 Å². The Bertz CT molecular complexity index is 1100. The van der Waals surface area contributed by atoms with E-state index in [0.717, 1.165) is 23.5 Å². The number of anilines is 2. The molecule has 0 radical (unpaired) electrons. The molecular weight excluding hydrogens is 468 g/mol. The quantitative estimate of drug-likeness (QED) is 0.285. The molecule has 0 aliphatic rings. The van der Waals surface area contributed by atoms with Crippen LogP contribution in [0.2, 0.25) is 0 Å². The summed E-state index contributed by atoms with van der Waals surface area (Å²) in [6, 6.07) is 17.1. The zero-order valence-electron chi connectivity index (χ0n) is 20.1. The van der Waals surface area contributed by atoms with Crippen molar-refractivity contribution in [3.05, 3.63) is 70.9 Å². The van der Waals surface area contributed by atoms with Gasteiger partial charge < -0.3 is 24.0 Å². The molecule has 6 nitrogen and oxygen atoms in total. The van der Waals surface area contributed by atoms with E-state index < -0.39 is 5.41 Å². The highest BCUT2D eigenvalue weighted by molar-refractivity contribution is 7.80. The molecule has 0 atom stereocenters. The van der Waals surface area contributed by atoms with Crippen LogP contribution in [0.1, 0.15) is 19.4 Å². The number of benzene rings is 2. The van der Waals surface area contributed by atoms with Crippen LogP contribution in [-0.4, -0.2) is 45.5 Å². The lowest BCUT2D eigenvalue weighted by atomic mass is 9.85. The van der Waals surface area contributed by atoms with E-state index in [0.29, 0.717) is 17.5 Å². The van der Waals surface area contributed by atoms with E-state index in [1.807, 2.05) is 64.3 Å². The standard InChI is InChI=1S/C26H30N2O4S2/c1-26(2,24(29)30-5)19-9-11-22(12-10-19)32-25(33)28(4)20-7-6-8-23(17-20)31-15-14-27(3)21-13-16-34-18-21/h6-13,16-18H,14-15H2,1-5H3. The van der Waals surface area contributed by atoms with E-state index in [2.05, 4.69) is 21.7 Å². The predicted octanol–water partition coefficient (Wildman–Crippen LogP) is 5.51. The molecule has 0 N–H and O–H groups in total. The predicted molar refractivity (Wildman–Crippen MR) is 143 cm³/mol. The lowest BCUT2D eigenvalue weighted by Crippen LogP contribution is -2.30. The SMILES string of the molecule is COC(=O)C(C)(C)c1ccc(OC(=S)N(C)c2cccc(OCCN(C)c3ccsc3)c2)cc1. The van der Waals surface area contributed by atoms with Crippen molar-refractivity contribution in [1.82, 2.24) is 0 Å². The summed E-state index contributed by atoms with van der Waals surface area (Å²) < 4.78 is 16.7. The molecule has 0 fully saturated rings. The van der Waals surface area contributed by atoms with E-state index in [1.165, 1.54) is 12.8 Å². The molecule has 34 heavy (non-hydrogen) atoms. The molecule has 2 aromatic carbocycles. The minimum absolute atomic E-state index is 0.295. The Morgan fingerprint density at radius 1 is 1.03 bits per heavy atom. The number of ether oxygens (including phenoxy) is 3. The van der Waals surface area contributed by atoms with E-state index in [9.17, 15) is 4.79 Å². The van der Waals surface area contributed by atoms with Gasteiger partial charge in [-0.15, -0.1) is 0 Å². The third kappa shape index (κ3) is 6.27. The van der Waals surface area contributed by atoms with Crippen LogP contribution >= 0.6 is 23.6 Å². The van der Waals surface area contributed by atoms with E-state index >= 15 is 0 Å². The second-order valence-electron chi connectivity index (χ2n) is 8.32. The minimum atomic E-state index is -0.746. The van der Waals surface area contributed by atoms with Crippen LogP contribution in [-0.2, 0) is 14.9 Å². The van der Waals surface area contributed by atoms with Crippen LogP contribution < -0.4 is 19.3 Å². The fraction of sp³-hybridized carbons (Fsp3) is 0.308. The van der Waals surface area contributed by atoms with Crippen molar-refractivity contribution < 1.29 is 19.0 Å². The number of rotatable bonds is 9. The molecule has 0 spiro atoms. The molecule has 0 aliphatic heterocycles. The van der Waals surface area contributed by atoms with Crippen LogP contribution in [0.3, 0.4) is 0 Å². The van der Waals surface area contributed by atoms with Crippen molar-refractivity contribution >= 4 is 46.1 Å². The zero-order chi connectivity index (χ0) is 24.7. The van der Waals surface area contributed by atoms with Gasteiger partial charge in [-0.2, -0.15) is 11.3 Å². The lowest BCUT2D eigenvalue weighted by Gasteiger charge is -2.23. The summed E-state index contributed by atoms with van der Waals surface area (Å²) in [7, 11) is 5.29. The molecule has 0 amide bonds. The minimum Gasteiger partial charge on any atom is -0.492 e. The molecule has 0 saturated carbocycles. The van der Waals surface area contributed by atoms with Gasteiger partial charge >= 0.3 is 5.97 Å². The van der Waals surface area contributed by atoms with Crippen LogP contribution in [0.4, 0.5) is 11.4 Å². The van der Waals surface area contributed by atoms with Crippen molar-refractivity contribution in [3.63, 3.8) is 0 Å². The molecule has 3 aromatic rings. The number of carbonyl (C=O) groups excluding carboxylic acids is 1. The number of nitrogens with zero attached hydrogens (tertiary/aromatic N) is 2. The number of methoxy groups -OCH3 is 1. The number of thiophene rings is 1. The summed E-state index contributed by atoms with van der Waals surface area (Å²) in [6.07, 6.45) is 0. The Morgan fingerprint density at radius 3 is 2.41 bits per heavy atom. The second kappa shape index (κ2) is 11.4. The van der Waals surface area contributed by atoms with Crippen molar-refractivity contribution in [2.45, 2.75) is 19.3 Å². The number of carbonyl (C=O) groups is 1. The van der Waals surface area contributed by atoms with Gasteiger partial charge in [0.1, 0.15) is 18.1 Å². The van der Waals surface area contributed by atoms with Crippen molar-refractivity contribution in [2.75, 3.05) is 44.2 Å². The Morgan fingerprint density at radius 2 is 1.76 bits per heavy atom. The van der Waals surface area contributed by atoms with Crippen molar-refractivity contribution in [1.29, 1.82) is 0 Å². The van der Waals surface area contributed by atoms with E-state index in [1.54, 1.807) is 28.4 Å². The van der Waals surface area contributed by atoms with Gasteiger partial charge in [0.2, 0.25) is 0 Å². The van der Waals surface area contributed by atoms with Gasteiger partial charge in [-0.3, -0.25) is 4.79 Å². The number of esters is 1. The van der Waals surface area contributed by atoms with Gasteiger partial charge in [-0.1, -0.05) is 18.2 Å². The summed E-state index contributed by atoms with van der Waals surface area (Å²) in [6.45, 7) is 4.99. The molecular formula is C26H30N2O4S2. The van der Waals surface area contributed by atoms with Gasteiger partial charge in [0, 0.05) is 36.9 Å². The summed E-state index contributed by atoms with van der Waals surface area (Å²) in [5.74, 6) is 1.06. The van der Waals surface area contributed by atoms with Crippen LogP contribution in [0.5, 0.6) is 11.5 Å². The number of hydrogen-bond donors (Lipinski definition) is 0. The van der Waals surface area contributed by atoms with Gasteiger partial charge in [0.05, 0.1) is 19.1 Å². The normalized spacial score (nSPS) is 11.0. The zero-order valence-corrected chi connectivity index (χ0v) is 21.7. The fourth-order valence-corrected chi connectivity index (χ4v) is 4.17. The fourth-order valence-electron chi connectivity index (χ4n) is 3.27. The monoisotopic (exact) mass is 498 g/mol. The Labute approximate surface area is 210 Å². The first-order chi connectivity index (χ1) is 16.2. The molecule has 0 aliphatic carbocycles. The van der Waals surface area contributed by atoms with Crippen LogP contribution in [0.15, 0.2) is 65.4 Å². The highest BCUT2D eigenvalue weighted by Crippen LogP contribution is 2.27. The first-order valence-electron chi connectivity index (χ1n) is 10.8. The first-order valence-corrected chi connectivity index (χ1v) is 12.2. The summed E-state index contributed by atoms with van der Waals surface area (Å²) >= 11 is 7.18. The van der Waals surface area contributed by atoms with Gasteiger partial charge in [0.25, 0.3) is 5.17 Å². The summed E-state index contributed by atoms with van der Waals surface area (Å²) in [4.78, 5) is 16.0. The Hall–Kier alpha value is -3.10. The molecule has 1 aromatic heterocycles. The smallest absolute Gasteiger partial charge is 0.315 e. The van der Waals surface area contributed by atoms with Gasteiger partial charge in [-0.05, 0) is 67.3 Å². The molecule has 8 heteroatoms. The topological polar surface area (TPSA) is 51.2 Å². The molecule has 0 unspecified atom stereocenters. The lowest BCUT2D eigenvalue weighted by molar-refractivity contribution is -0.146. The second-order valence-corrected chi connectivity index (χ2v) is 9.45. The van der Waals surface area contributed by atoms with Crippen LogP contribution in [0.25, 0.3) is 0 Å². The molecule has 180 valence electrons. The molecule has 3 rings (SSSR count). The van der Waals surface area contributed by atoms with E-state index in [4.69, 9.17) is 26.4 Å². The molecule has 0 saturated heterocycles. The maximum Gasteiger partial charge on any atom is 0.315 e. The van der Waals surface area contributed by atoms with Crippen molar-refractivity contribution in [3.8, 4) is 11.5 Å². The van der Waals surface area contributed by atoms with Gasteiger partial charge in [0.15, 0.2) is 0 Å². The molecule has 0 bridgehead atoms. The average molecular weight is 499 g/mol. The van der Waals surface area contributed by atoms with E-state index in [-0.39, 0.29) is 5.97 Å². The number of likely N-dealkylation sites (N-methyl/N-ethyl adjacent to an activating group) is 1. The maximum atomic E-state index is 12.0. The number of thiocarbonyl (C=S) groups is 1. The average Bonchev–Trinajstić information content (AvgIpc) is 3.38.